The van der Waals surface area contributed by atoms with Crippen molar-refractivity contribution in [2.75, 3.05) is 32.2 Å². The molecule has 1 rings (SSSR count). The lowest BCUT2D eigenvalue weighted by Gasteiger charge is -2.12. The van der Waals surface area contributed by atoms with Crippen molar-refractivity contribution < 1.29 is 9.47 Å². The second-order valence-corrected chi connectivity index (χ2v) is 3.96. The first-order valence-corrected chi connectivity index (χ1v) is 6.48. The minimum Gasteiger partial charge on any atom is -0.475 e. The number of hydrogen-bond donors (Lipinski definition) is 1. The van der Waals surface area contributed by atoms with Gasteiger partial charge in [-0.2, -0.15) is 4.98 Å². The number of aromatic nitrogens is 2. The molecule has 18 heavy (non-hydrogen) atoms. The largest absolute Gasteiger partial charge is 0.475 e. The van der Waals surface area contributed by atoms with Gasteiger partial charge in [-0.05, 0) is 20.3 Å². The number of rotatable bonds is 8. The standard InChI is InChI=1S/C13H23N3O2/c1-5-7-11-15-12(14-4)10(3)13(16-11)18-9-8-17-6-2/h5-9H2,1-4H3,(H,14,15,16). The third-order valence-corrected chi connectivity index (χ3v) is 2.53. The molecule has 0 fully saturated rings. The summed E-state index contributed by atoms with van der Waals surface area (Å²) in [4.78, 5) is 8.89. The van der Waals surface area contributed by atoms with Gasteiger partial charge in [0, 0.05) is 20.1 Å². The minimum atomic E-state index is 0.514. The van der Waals surface area contributed by atoms with Crippen LogP contribution in [0, 0.1) is 6.92 Å². The quantitative estimate of drug-likeness (QED) is 0.720. The van der Waals surface area contributed by atoms with E-state index in [1.165, 1.54) is 0 Å². The Morgan fingerprint density at radius 1 is 1.17 bits per heavy atom. The third kappa shape index (κ3) is 4.14. The van der Waals surface area contributed by atoms with Crippen molar-refractivity contribution in [2.45, 2.75) is 33.6 Å². The lowest BCUT2D eigenvalue weighted by molar-refractivity contribution is 0.108. The van der Waals surface area contributed by atoms with Crippen molar-refractivity contribution in [2.24, 2.45) is 0 Å². The molecule has 0 saturated carbocycles. The molecular formula is C13H23N3O2. The highest BCUT2D eigenvalue weighted by molar-refractivity contribution is 5.48. The van der Waals surface area contributed by atoms with Crippen LogP contribution >= 0.6 is 0 Å². The highest BCUT2D eigenvalue weighted by Gasteiger charge is 2.10. The summed E-state index contributed by atoms with van der Waals surface area (Å²) in [5, 5.41) is 3.07. The summed E-state index contributed by atoms with van der Waals surface area (Å²) in [6.07, 6.45) is 1.88. The summed E-state index contributed by atoms with van der Waals surface area (Å²) in [7, 11) is 1.86. The Kier molecular flexibility index (Phi) is 6.43. The van der Waals surface area contributed by atoms with E-state index in [-0.39, 0.29) is 0 Å². The van der Waals surface area contributed by atoms with Crippen molar-refractivity contribution in [1.29, 1.82) is 0 Å². The molecule has 0 bridgehead atoms. The zero-order valence-corrected chi connectivity index (χ0v) is 11.7. The van der Waals surface area contributed by atoms with Gasteiger partial charge in [-0.15, -0.1) is 0 Å². The van der Waals surface area contributed by atoms with Crippen molar-refractivity contribution in [3.05, 3.63) is 11.4 Å². The number of nitrogens with one attached hydrogen (secondary N) is 1. The van der Waals surface area contributed by atoms with E-state index in [2.05, 4.69) is 22.2 Å². The van der Waals surface area contributed by atoms with Crippen molar-refractivity contribution in [1.82, 2.24) is 9.97 Å². The maximum absolute atomic E-state index is 5.65. The molecule has 1 aromatic heterocycles. The fourth-order valence-electron chi connectivity index (χ4n) is 1.60. The van der Waals surface area contributed by atoms with Crippen LogP contribution in [-0.2, 0) is 11.2 Å². The highest BCUT2D eigenvalue weighted by atomic mass is 16.5. The summed E-state index contributed by atoms with van der Waals surface area (Å²) >= 11 is 0. The molecular weight excluding hydrogens is 230 g/mol. The molecule has 5 heteroatoms. The lowest BCUT2D eigenvalue weighted by Crippen LogP contribution is -2.11. The Morgan fingerprint density at radius 2 is 1.94 bits per heavy atom. The molecule has 0 atom stereocenters. The van der Waals surface area contributed by atoms with E-state index >= 15 is 0 Å². The molecule has 0 unspecified atom stereocenters. The smallest absolute Gasteiger partial charge is 0.221 e. The van der Waals surface area contributed by atoms with Crippen LogP contribution in [0.3, 0.4) is 0 Å². The van der Waals surface area contributed by atoms with E-state index in [1.54, 1.807) is 0 Å². The Labute approximate surface area is 109 Å². The molecule has 0 aliphatic heterocycles. The van der Waals surface area contributed by atoms with Gasteiger partial charge in [0.1, 0.15) is 18.2 Å². The van der Waals surface area contributed by atoms with Crippen LogP contribution in [0.2, 0.25) is 0 Å². The van der Waals surface area contributed by atoms with E-state index in [1.807, 2.05) is 20.9 Å². The molecule has 0 aliphatic carbocycles. The van der Waals surface area contributed by atoms with Gasteiger partial charge in [0.2, 0.25) is 5.88 Å². The van der Waals surface area contributed by atoms with E-state index < -0.39 is 0 Å². The van der Waals surface area contributed by atoms with E-state index in [4.69, 9.17) is 9.47 Å². The summed E-state index contributed by atoms with van der Waals surface area (Å²) in [6.45, 7) is 7.83. The second kappa shape index (κ2) is 7.87. The molecule has 0 aliphatic rings. The number of aryl methyl sites for hydroxylation is 1. The molecule has 0 amide bonds. The summed E-state index contributed by atoms with van der Waals surface area (Å²) in [5.41, 5.74) is 0.939. The first-order valence-electron chi connectivity index (χ1n) is 6.48. The zero-order chi connectivity index (χ0) is 13.4. The van der Waals surface area contributed by atoms with Gasteiger partial charge < -0.3 is 14.8 Å². The third-order valence-electron chi connectivity index (χ3n) is 2.53. The average molecular weight is 253 g/mol. The van der Waals surface area contributed by atoms with Gasteiger partial charge in [0.05, 0.1) is 12.2 Å². The summed E-state index contributed by atoms with van der Waals surface area (Å²) in [5.74, 6) is 2.30. The lowest BCUT2D eigenvalue weighted by atomic mass is 10.3. The van der Waals surface area contributed by atoms with Gasteiger partial charge in [0.25, 0.3) is 0 Å². The van der Waals surface area contributed by atoms with E-state index in [9.17, 15) is 0 Å². The van der Waals surface area contributed by atoms with Gasteiger partial charge >= 0.3 is 0 Å². The number of hydrogen-bond acceptors (Lipinski definition) is 5. The van der Waals surface area contributed by atoms with Crippen LogP contribution in [0.4, 0.5) is 5.82 Å². The molecule has 1 N–H and O–H groups in total. The second-order valence-electron chi connectivity index (χ2n) is 3.96. The molecule has 0 radical (unpaired) electrons. The van der Waals surface area contributed by atoms with Gasteiger partial charge in [-0.25, -0.2) is 4.98 Å². The molecule has 0 aromatic carbocycles. The number of ether oxygens (including phenoxy) is 2. The molecule has 5 nitrogen and oxygen atoms in total. The fourth-order valence-corrected chi connectivity index (χ4v) is 1.60. The normalized spacial score (nSPS) is 10.4. The van der Waals surface area contributed by atoms with Gasteiger partial charge in [-0.3, -0.25) is 0 Å². The van der Waals surface area contributed by atoms with E-state index in [0.717, 1.165) is 30.0 Å². The van der Waals surface area contributed by atoms with Gasteiger partial charge in [0.15, 0.2) is 0 Å². The minimum absolute atomic E-state index is 0.514. The number of nitrogens with zero attached hydrogens (tertiary/aromatic N) is 2. The van der Waals surface area contributed by atoms with Crippen LogP contribution in [0.25, 0.3) is 0 Å². The molecule has 1 heterocycles. The topological polar surface area (TPSA) is 56.3 Å². The monoisotopic (exact) mass is 253 g/mol. The van der Waals surface area contributed by atoms with Crippen LogP contribution in [0.5, 0.6) is 5.88 Å². The van der Waals surface area contributed by atoms with Crippen molar-refractivity contribution in [3.8, 4) is 5.88 Å². The maximum Gasteiger partial charge on any atom is 0.221 e. The fraction of sp³-hybridized carbons (Fsp3) is 0.692. The van der Waals surface area contributed by atoms with Crippen LogP contribution < -0.4 is 10.1 Å². The molecule has 1 aromatic rings. The van der Waals surface area contributed by atoms with Crippen LogP contribution in [-0.4, -0.2) is 36.8 Å². The van der Waals surface area contributed by atoms with E-state index in [0.29, 0.717) is 25.7 Å². The first-order chi connectivity index (χ1) is 8.72. The predicted octanol–water partition coefficient (Wildman–Crippen LogP) is 2.19. The average Bonchev–Trinajstić information content (AvgIpc) is 2.38. The Bertz CT molecular complexity index is 369. The number of anilines is 1. The first kappa shape index (κ1) is 14.7. The molecule has 0 spiro atoms. The predicted molar refractivity (Wildman–Crippen MR) is 72.3 cm³/mol. The Balaban J connectivity index is 2.77. The summed E-state index contributed by atoms with van der Waals surface area (Å²) in [6, 6.07) is 0. The SMILES string of the molecule is CCCc1nc(NC)c(C)c(OCCOCC)n1. The molecule has 102 valence electrons. The van der Waals surface area contributed by atoms with Crippen molar-refractivity contribution in [3.63, 3.8) is 0 Å². The Hall–Kier alpha value is -1.36. The van der Waals surface area contributed by atoms with Crippen molar-refractivity contribution >= 4 is 5.82 Å². The highest BCUT2D eigenvalue weighted by Crippen LogP contribution is 2.22. The maximum atomic E-state index is 5.65. The zero-order valence-electron chi connectivity index (χ0n) is 11.7. The van der Waals surface area contributed by atoms with Crippen LogP contribution in [0.1, 0.15) is 31.7 Å². The van der Waals surface area contributed by atoms with Gasteiger partial charge in [-0.1, -0.05) is 6.92 Å². The molecule has 0 saturated heterocycles. The Morgan fingerprint density at radius 3 is 2.56 bits per heavy atom. The summed E-state index contributed by atoms with van der Waals surface area (Å²) < 4.78 is 10.9. The van der Waals surface area contributed by atoms with Crippen LogP contribution in [0.15, 0.2) is 0 Å².